The fourth-order valence-electron chi connectivity index (χ4n) is 3.56. The smallest absolute Gasteiger partial charge is 0.321 e. The summed E-state index contributed by atoms with van der Waals surface area (Å²) in [6.45, 7) is 3.21. The Kier molecular flexibility index (Phi) is 5.46. The Morgan fingerprint density at radius 3 is 2.48 bits per heavy atom. The van der Waals surface area contributed by atoms with Gasteiger partial charge in [-0.2, -0.15) is 4.98 Å². The van der Waals surface area contributed by atoms with E-state index < -0.39 is 0 Å². The molecule has 2 fully saturated rings. The lowest BCUT2D eigenvalue weighted by molar-refractivity contribution is -0.117. The first kappa shape index (κ1) is 19.0. The van der Waals surface area contributed by atoms with Crippen LogP contribution in [0.5, 0.6) is 5.88 Å². The number of carbonyl (C=O) groups is 2. The highest BCUT2D eigenvalue weighted by Gasteiger charge is 2.24. The molecule has 29 heavy (non-hydrogen) atoms. The van der Waals surface area contributed by atoms with Gasteiger partial charge in [0.05, 0.1) is 7.11 Å². The molecule has 0 spiro atoms. The highest BCUT2D eigenvalue weighted by molar-refractivity contribution is 5.96. The zero-order valence-electron chi connectivity index (χ0n) is 16.4. The van der Waals surface area contributed by atoms with Crippen LogP contribution in [0.4, 0.5) is 22.1 Å². The highest BCUT2D eigenvalue weighted by atomic mass is 16.5. The van der Waals surface area contributed by atoms with Crippen LogP contribution in [-0.4, -0.2) is 66.6 Å². The zero-order valence-corrected chi connectivity index (χ0v) is 16.4. The molecule has 0 unspecified atom stereocenters. The van der Waals surface area contributed by atoms with E-state index in [4.69, 9.17) is 4.74 Å². The van der Waals surface area contributed by atoms with Gasteiger partial charge in [-0.1, -0.05) is 0 Å². The number of hydrogen-bond donors (Lipinski definition) is 1. The quantitative estimate of drug-likeness (QED) is 0.850. The average molecular weight is 396 g/mol. The molecule has 1 N–H and O–H groups in total. The molecule has 1 aromatic carbocycles. The van der Waals surface area contributed by atoms with E-state index in [0.29, 0.717) is 50.1 Å². The van der Waals surface area contributed by atoms with Gasteiger partial charge in [-0.3, -0.25) is 4.79 Å². The van der Waals surface area contributed by atoms with Crippen LogP contribution in [0.1, 0.15) is 12.8 Å². The number of rotatable bonds is 4. The number of benzene rings is 1. The lowest BCUT2D eigenvalue weighted by atomic mass is 10.2. The van der Waals surface area contributed by atoms with Gasteiger partial charge in [0.1, 0.15) is 0 Å². The van der Waals surface area contributed by atoms with Crippen LogP contribution < -0.4 is 19.9 Å². The molecule has 3 heterocycles. The number of hydrogen-bond acceptors (Lipinski definition) is 6. The number of amides is 3. The molecular formula is C20H24N6O3. The summed E-state index contributed by atoms with van der Waals surface area (Å²) in [7, 11) is 1.57. The maximum Gasteiger partial charge on any atom is 0.321 e. The van der Waals surface area contributed by atoms with Crippen LogP contribution in [0.25, 0.3) is 0 Å². The van der Waals surface area contributed by atoms with Crippen molar-refractivity contribution in [1.29, 1.82) is 0 Å². The minimum atomic E-state index is -0.138. The number of anilines is 3. The van der Waals surface area contributed by atoms with Crippen molar-refractivity contribution in [2.45, 2.75) is 12.8 Å². The first-order valence-corrected chi connectivity index (χ1v) is 9.72. The van der Waals surface area contributed by atoms with E-state index in [1.807, 2.05) is 29.2 Å². The molecule has 0 saturated carbocycles. The first-order valence-electron chi connectivity index (χ1n) is 9.72. The number of carbonyl (C=O) groups excluding carboxylic acids is 2. The van der Waals surface area contributed by atoms with E-state index in [-0.39, 0.29) is 11.9 Å². The predicted octanol–water partition coefficient (Wildman–Crippen LogP) is 1.97. The summed E-state index contributed by atoms with van der Waals surface area (Å²) in [4.78, 5) is 38.6. The Labute approximate surface area is 169 Å². The third-order valence-electron chi connectivity index (χ3n) is 5.18. The molecule has 0 aliphatic carbocycles. The molecule has 2 aliphatic rings. The summed E-state index contributed by atoms with van der Waals surface area (Å²) in [6.07, 6.45) is 3.16. The van der Waals surface area contributed by atoms with Gasteiger partial charge in [0, 0.05) is 62.8 Å². The van der Waals surface area contributed by atoms with E-state index in [1.165, 1.54) is 0 Å². The number of nitrogens with zero attached hydrogens (tertiary/aromatic N) is 5. The summed E-state index contributed by atoms with van der Waals surface area (Å²) in [5.41, 5.74) is 1.58. The Hall–Kier alpha value is -3.36. The van der Waals surface area contributed by atoms with Gasteiger partial charge < -0.3 is 24.8 Å². The highest BCUT2D eigenvalue weighted by Crippen LogP contribution is 2.23. The number of urea groups is 1. The Morgan fingerprint density at radius 1 is 1.07 bits per heavy atom. The molecule has 0 radical (unpaired) electrons. The molecule has 4 rings (SSSR count). The van der Waals surface area contributed by atoms with Crippen LogP contribution >= 0.6 is 0 Å². The second-order valence-corrected chi connectivity index (χ2v) is 7.00. The van der Waals surface area contributed by atoms with Crippen molar-refractivity contribution >= 4 is 29.3 Å². The van der Waals surface area contributed by atoms with Crippen molar-refractivity contribution < 1.29 is 14.3 Å². The molecule has 1 aromatic heterocycles. The van der Waals surface area contributed by atoms with Gasteiger partial charge in [-0.15, -0.1) is 0 Å². The SMILES string of the molecule is COc1ccnc(N2CCN(C(=O)Nc3ccc(N4CCCC4=O)cc3)CC2)n1. The van der Waals surface area contributed by atoms with Gasteiger partial charge in [0.25, 0.3) is 0 Å². The van der Waals surface area contributed by atoms with E-state index in [2.05, 4.69) is 15.3 Å². The van der Waals surface area contributed by atoms with Gasteiger partial charge in [-0.25, -0.2) is 9.78 Å². The van der Waals surface area contributed by atoms with E-state index in [1.54, 1.807) is 29.2 Å². The third-order valence-corrected chi connectivity index (χ3v) is 5.18. The molecule has 2 saturated heterocycles. The topological polar surface area (TPSA) is 90.9 Å². The summed E-state index contributed by atoms with van der Waals surface area (Å²) >= 11 is 0. The number of nitrogens with one attached hydrogen (secondary N) is 1. The van der Waals surface area contributed by atoms with Crippen molar-refractivity contribution in [2.24, 2.45) is 0 Å². The van der Waals surface area contributed by atoms with Gasteiger partial charge in [0.15, 0.2) is 0 Å². The van der Waals surface area contributed by atoms with Gasteiger partial charge in [0.2, 0.25) is 17.7 Å². The maximum absolute atomic E-state index is 12.6. The number of methoxy groups -OCH3 is 1. The van der Waals surface area contributed by atoms with E-state index in [0.717, 1.165) is 18.7 Å². The minimum Gasteiger partial charge on any atom is -0.481 e. The molecule has 9 heteroatoms. The Bertz CT molecular complexity index is 880. The predicted molar refractivity (Wildman–Crippen MR) is 109 cm³/mol. The molecule has 3 amide bonds. The minimum absolute atomic E-state index is 0.138. The lowest BCUT2D eigenvalue weighted by Crippen LogP contribution is -2.50. The Morgan fingerprint density at radius 2 is 1.83 bits per heavy atom. The van der Waals surface area contributed by atoms with Crippen LogP contribution in [0.15, 0.2) is 36.5 Å². The molecule has 2 aromatic rings. The number of ether oxygens (including phenoxy) is 1. The number of piperazine rings is 1. The molecule has 152 valence electrons. The first-order chi connectivity index (χ1) is 14.1. The van der Waals surface area contributed by atoms with E-state index in [9.17, 15) is 9.59 Å². The fraction of sp³-hybridized carbons (Fsp3) is 0.400. The molecule has 0 bridgehead atoms. The van der Waals surface area contributed by atoms with Crippen LogP contribution in [0.3, 0.4) is 0 Å². The molecular weight excluding hydrogens is 372 g/mol. The standard InChI is InChI=1S/C20H24N6O3/c1-29-17-8-9-21-19(23-17)24-11-13-25(14-12-24)20(28)22-15-4-6-16(7-5-15)26-10-2-3-18(26)27/h4-9H,2-3,10-14H2,1H3,(H,22,28). The maximum atomic E-state index is 12.6. The van der Waals surface area contributed by atoms with E-state index >= 15 is 0 Å². The zero-order chi connectivity index (χ0) is 20.2. The summed E-state index contributed by atoms with van der Waals surface area (Å²) < 4.78 is 5.14. The molecule has 9 nitrogen and oxygen atoms in total. The van der Waals surface area contributed by atoms with Crippen LogP contribution in [0.2, 0.25) is 0 Å². The number of aromatic nitrogens is 2. The van der Waals surface area contributed by atoms with Crippen LogP contribution in [-0.2, 0) is 4.79 Å². The largest absolute Gasteiger partial charge is 0.481 e. The third kappa shape index (κ3) is 4.23. The average Bonchev–Trinajstić information content (AvgIpc) is 3.20. The van der Waals surface area contributed by atoms with Crippen molar-refractivity contribution in [2.75, 3.05) is 55.0 Å². The monoisotopic (exact) mass is 396 g/mol. The Balaban J connectivity index is 1.31. The summed E-state index contributed by atoms with van der Waals surface area (Å²) in [5.74, 6) is 1.28. The van der Waals surface area contributed by atoms with Crippen molar-refractivity contribution in [3.63, 3.8) is 0 Å². The second kappa shape index (κ2) is 8.34. The van der Waals surface area contributed by atoms with Crippen molar-refractivity contribution in [3.8, 4) is 5.88 Å². The summed E-state index contributed by atoms with van der Waals surface area (Å²) in [5, 5.41) is 2.93. The van der Waals surface area contributed by atoms with Gasteiger partial charge >= 0.3 is 6.03 Å². The fourth-order valence-corrected chi connectivity index (χ4v) is 3.56. The molecule has 2 aliphatic heterocycles. The summed E-state index contributed by atoms with van der Waals surface area (Å²) in [6, 6.07) is 8.98. The van der Waals surface area contributed by atoms with Crippen molar-refractivity contribution in [3.05, 3.63) is 36.5 Å². The normalized spacial score (nSPS) is 16.9. The lowest BCUT2D eigenvalue weighted by Gasteiger charge is -2.34. The molecule has 0 atom stereocenters. The van der Waals surface area contributed by atoms with Crippen molar-refractivity contribution in [1.82, 2.24) is 14.9 Å². The second-order valence-electron chi connectivity index (χ2n) is 7.00. The van der Waals surface area contributed by atoms with Gasteiger partial charge in [-0.05, 0) is 30.7 Å². The van der Waals surface area contributed by atoms with Crippen LogP contribution in [0, 0.1) is 0 Å².